The number of hydrogen-bond acceptors (Lipinski definition) is 3. The summed E-state index contributed by atoms with van der Waals surface area (Å²) in [6, 6.07) is 14.9. The maximum atomic E-state index is 9.89. The van der Waals surface area contributed by atoms with Crippen LogP contribution < -0.4 is 5.32 Å². The molecule has 3 heteroatoms. The first-order valence-corrected chi connectivity index (χ1v) is 10.3. The minimum Gasteiger partial charge on any atom is -0.358 e. The molecule has 0 radical (unpaired) electrons. The minimum atomic E-state index is 0.388. The second-order valence-corrected chi connectivity index (χ2v) is 8.30. The van der Waals surface area contributed by atoms with E-state index in [0.717, 1.165) is 33.9 Å². The summed E-state index contributed by atoms with van der Waals surface area (Å²) < 4.78 is 0. The van der Waals surface area contributed by atoms with E-state index in [2.05, 4.69) is 57.3 Å². The van der Waals surface area contributed by atoms with E-state index in [9.17, 15) is 5.26 Å². The molecule has 0 atom stereocenters. The maximum absolute atomic E-state index is 9.89. The van der Waals surface area contributed by atoms with E-state index < -0.39 is 0 Å². The molecule has 0 spiro atoms. The van der Waals surface area contributed by atoms with E-state index in [1.807, 2.05) is 45.9 Å². The maximum Gasteiger partial charge on any atom is 0.103 e. The lowest BCUT2D eigenvalue weighted by molar-refractivity contribution is 0.837. The van der Waals surface area contributed by atoms with Gasteiger partial charge in [0, 0.05) is 11.4 Å². The zero-order valence-electron chi connectivity index (χ0n) is 19.0. The molecule has 0 unspecified atom stereocenters. The Morgan fingerprint density at radius 3 is 1.83 bits per heavy atom. The summed E-state index contributed by atoms with van der Waals surface area (Å²) in [5.41, 5.74) is 8.94. The average Bonchev–Trinajstić information content (AvgIpc) is 2.65. The van der Waals surface area contributed by atoms with Crippen LogP contribution in [0.4, 0.5) is 11.4 Å². The number of nitrogens with one attached hydrogen (secondary N) is 1. The average molecular weight is 388 g/mol. The van der Waals surface area contributed by atoms with E-state index in [1.54, 1.807) is 0 Å². The van der Waals surface area contributed by atoms with Crippen molar-refractivity contribution in [2.24, 2.45) is 4.99 Å². The Labute approximate surface area is 176 Å². The molecule has 0 saturated carbocycles. The first-order chi connectivity index (χ1) is 13.7. The van der Waals surface area contributed by atoms with Crippen LogP contribution in [0.2, 0.25) is 0 Å². The number of allylic oxidation sites excluding steroid dienone is 2. The summed E-state index contributed by atoms with van der Waals surface area (Å²) in [5, 5.41) is 13.5. The summed E-state index contributed by atoms with van der Waals surface area (Å²) in [5.74, 6) is 0.776. The summed E-state index contributed by atoms with van der Waals surface area (Å²) in [6.45, 7) is 16.8. The zero-order chi connectivity index (χ0) is 21.7. The largest absolute Gasteiger partial charge is 0.358 e. The van der Waals surface area contributed by atoms with Crippen LogP contribution in [0.1, 0.15) is 75.6 Å². The topological polar surface area (TPSA) is 48.2 Å². The molecule has 0 aliphatic heterocycles. The Bertz CT molecular complexity index is 939. The van der Waals surface area contributed by atoms with Gasteiger partial charge in [0.15, 0.2) is 0 Å². The third-order valence-corrected chi connectivity index (χ3v) is 5.25. The highest BCUT2D eigenvalue weighted by atomic mass is 14.9. The van der Waals surface area contributed by atoms with Gasteiger partial charge >= 0.3 is 0 Å². The predicted molar refractivity (Wildman–Crippen MR) is 125 cm³/mol. The summed E-state index contributed by atoms with van der Waals surface area (Å²) in [4.78, 5) is 4.80. The van der Waals surface area contributed by atoms with Gasteiger partial charge in [0.25, 0.3) is 0 Å². The van der Waals surface area contributed by atoms with Gasteiger partial charge in [-0.2, -0.15) is 5.26 Å². The number of nitriles is 1. The van der Waals surface area contributed by atoms with Crippen molar-refractivity contribution >= 4 is 17.1 Å². The van der Waals surface area contributed by atoms with Gasteiger partial charge in [-0.3, -0.25) is 4.99 Å². The second-order valence-electron chi connectivity index (χ2n) is 8.30. The van der Waals surface area contributed by atoms with E-state index in [-0.39, 0.29) is 0 Å². The number of anilines is 1. The Kier molecular flexibility index (Phi) is 7.40. The molecule has 0 aliphatic rings. The van der Waals surface area contributed by atoms with Crippen LogP contribution in [0.25, 0.3) is 0 Å². The molecule has 0 saturated heterocycles. The molecule has 2 rings (SSSR count). The van der Waals surface area contributed by atoms with Crippen molar-refractivity contribution in [2.75, 3.05) is 5.32 Å². The summed E-state index contributed by atoms with van der Waals surface area (Å²) in [7, 11) is 0. The minimum absolute atomic E-state index is 0.388. The molecule has 2 aromatic carbocycles. The second kappa shape index (κ2) is 9.56. The van der Waals surface area contributed by atoms with Crippen molar-refractivity contribution in [2.45, 2.75) is 67.2 Å². The van der Waals surface area contributed by atoms with Crippen molar-refractivity contribution in [1.29, 1.82) is 5.26 Å². The Morgan fingerprint density at radius 2 is 1.38 bits per heavy atom. The van der Waals surface area contributed by atoms with Gasteiger partial charge < -0.3 is 5.32 Å². The van der Waals surface area contributed by atoms with Crippen molar-refractivity contribution in [3.05, 3.63) is 69.9 Å². The highest BCUT2D eigenvalue weighted by Crippen LogP contribution is 2.34. The third kappa shape index (κ3) is 5.15. The van der Waals surface area contributed by atoms with Crippen LogP contribution in [0.5, 0.6) is 0 Å². The zero-order valence-corrected chi connectivity index (χ0v) is 19.0. The monoisotopic (exact) mass is 387 g/mol. The molecular weight excluding hydrogens is 354 g/mol. The molecular formula is C26H33N3. The lowest BCUT2D eigenvalue weighted by Gasteiger charge is -2.22. The van der Waals surface area contributed by atoms with Crippen LogP contribution in [-0.4, -0.2) is 5.71 Å². The molecule has 2 aromatic rings. The number of benzene rings is 2. The highest BCUT2D eigenvalue weighted by molar-refractivity contribution is 6.04. The van der Waals surface area contributed by atoms with E-state index >= 15 is 0 Å². The number of para-hydroxylation sites is 2. The van der Waals surface area contributed by atoms with Gasteiger partial charge in [0.05, 0.1) is 17.0 Å². The molecule has 0 bridgehead atoms. The molecule has 152 valence electrons. The molecule has 0 fully saturated rings. The van der Waals surface area contributed by atoms with Crippen molar-refractivity contribution < 1.29 is 0 Å². The number of rotatable bonds is 6. The van der Waals surface area contributed by atoms with Crippen molar-refractivity contribution in [1.82, 2.24) is 0 Å². The fourth-order valence-electron chi connectivity index (χ4n) is 3.59. The summed E-state index contributed by atoms with van der Waals surface area (Å²) in [6.07, 6.45) is 0. The number of nitrogens with zero attached hydrogens (tertiary/aromatic N) is 2. The van der Waals surface area contributed by atoms with Crippen LogP contribution in [0.15, 0.2) is 52.7 Å². The Hall–Kier alpha value is -2.86. The van der Waals surface area contributed by atoms with Gasteiger partial charge in [-0.05, 0) is 61.8 Å². The van der Waals surface area contributed by atoms with Crippen LogP contribution >= 0.6 is 0 Å². The predicted octanol–water partition coefficient (Wildman–Crippen LogP) is 7.55. The molecule has 0 aliphatic carbocycles. The molecule has 0 heterocycles. The van der Waals surface area contributed by atoms with Gasteiger partial charge in [-0.15, -0.1) is 0 Å². The number of hydrogen-bond donors (Lipinski definition) is 1. The standard InChI is InChI=1S/C26H33N3/c1-16(2)22-13-10-14-23(17(3)4)26(22)29-21(8)24(15-27)20(7)28-25-18(5)11-9-12-19(25)6/h9-14,16-17,29H,1-8H3/b24-21+,28-20?. The molecule has 0 aromatic heterocycles. The quantitative estimate of drug-likeness (QED) is 0.411. The van der Waals surface area contributed by atoms with Crippen LogP contribution in [-0.2, 0) is 0 Å². The van der Waals surface area contributed by atoms with Crippen LogP contribution in [0.3, 0.4) is 0 Å². The molecule has 1 N–H and O–H groups in total. The normalized spacial score (nSPS) is 12.8. The molecule has 0 amide bonds. The van der Waals surface area contributed by atoms with E-state index in [4.69, 9.17) is 4.99 Å². The van der Waals surface area contributed by atoms with Gasteiger partial charge in [0.1, 0.15) is 6.07 Å². The van der Waals surface area contributed by atoms with E-state index in [0.29, 0.717) is 17.4 Å². The fourth-order valence-corrected chi connectivity index (χ4v) is 3.59. The molecule has 3 nitrogen and oxygen atoms in total. The van der Waals surface area contributed by atoms with Crippen molar-refractivity contribution in [3.63, 3.8) is 0 Å². The Morgan fingerprint density at radius 1 is 0.897 bits per heavy atom. The third-order valence-electron chi connectivity index (χ3n) is 5.25. The number of aryl methyl sites for hydroxylation is 2. The van der Waals surface area contributed by atoms with Gasteiger partial charge in [-0.25, -0.2) is 0 Å². The fraction of sp³-hybridized carbons (Fsp3) is 0.385. The van der Waals surface area contributed by atoms with E-state index in [1.165, 1.54) is 11.1 Å². The van der Waals surface area contributed by atoms with Crippen molar-refractivity contribution in [3.8, 4) is 6.07 Å². The molecule has 29 heavy (non-hydrogen) atoms. The lowest BCUT2D eigenvalue weighted by atomic mass is 9.92. The Balaban J connectivity index is 2.55. The number of aliphatic imine (C=N–C) groups is 1. The first-order valence-electron chi connectivity index (χ1n) is 10.3. The van der Waals surface area contributed by atoms with Gasteiger partial charge in [-0.1, -0.05) is 64.1 Å². The lowest BCUT2D eigenvalue weighted by Crippen LogP contribution is -2.10. The smallest absolute Gasteiger partial charge is 0.103 e. The highest BCUT2D eigenvalue weighted by Gasteiger charge is 2.16. The first kappa shape index (κ1) is 22.4. The van der Waals surface area contributed by atoms with Crippen LogP contribution in [0, 0.1) is 25.2 Å². The van der Waals surface area contributed by atoms with Gasteiger partial charge in [0.2, 0.25) is 0 Å². The summed E-state index contributed by atoms with van der Waals surface area (Å²) >= 11 is 0. The SMILES string of the molecule is CC(=Nc1c(C)cccc1C)/C(C#N)=C(\C)Nc1c(C(C)C)cccc1C(C)C.